The number of allylic oxidation sites excluding steroid dienone is 1. The number of methoxy groups -OCH3 is 1. The van der Waals surface area contributed by atoms with Crippen LogP contribution in [-0.4, -0.2) is 33.1 Å². The van der Waals surface area contributed by atoms with E-state index in [1.807, 2.05) is 36.4 Å². The smallest absolute Gasteiger partial charge is 0.328 e. The SMILES string of the molecule is COC(=O)[C@H](Cc1ccccc1)NC(=O)/C=C/C[Si](C)(C)C. The molecule has 0 saturated heterocycles. The molecule has 1 rings (SSSR count). The van der Waals surface area contributed by atoms with Gasteiger partial charge in [-0.15, -0.1) is 0 Å². The normalized spacial score (nSPS) is 12.9. The van der Waals surface area contributed by atoms with Crippen LogP contribution in [0.15, 0.2) is 42.5 Å². The molecule has 0 unspecified atom stereocenters. The molecule has 0 heterocycles. The van der Waals surface area contributed by atoms with E-state index in [9.17, 15) is 9.59 Å². The number of amides is 1. The molecule has 0 aliphatic rings. The molecule has 1 aromatic rings. The number of hydrogen-bond acceptors (Lipinski definition) is 3. The van der Waals surface area contributed by atoms with E-state index in [-0.39, 0.29) is 5.91 Å². The van der Waals surface area contributed by atoms with Crippen LogP contribution in [0.2, 0.25) is 25.7 Å². The number of esters is 1. The Morgan fingerprint density at radius 2 is 1.86 bits per heavy atom. The van der Waals surface area contributed by atoms with Gasteiger partial charge in [-0.3, -0.25) is 4.79 Å². The summed E-state index contributed by atoms with van der Waals surface area (Å²) >= 11 is 0. The third-order valence-corrected chi connectivity index (χ3v) is 4.54. The maximum absolute atomic E-state index is 12.0. The number of benzene rings is 1. The van der Waals surface area contributed by atoms with Crippen molar-refractivity contribution < 1.29 is 14.3 Å². The third-order valence-electron chi connectivity index (χ3n) is 3.08. The van der Waals surface area contributed by atoms with E-state index in [4.69, 9.17) is 4.74 Å². The first kappa shape index (κ1) is 18.2. The maximum Gasteiger partial charge on any atom is 0.328 e. The van der Waals surface area contributed by atoms with Gasteiger partial charge in [-0.2, -0.15) is 0 Å². The Bertz CT molecular complexity index is 520. The lowest BCUT2D eigenvalue weighted by molar-refractivity contribution is -0.144. The maximum atomic E-state index is 12.0. The molecule has 0 spiro atoms. The van der Waals surface area contributed by atoms with Crippen molar-refractivity contribution in [1.29, 1.82) is 0 Å². The second kappa shape index (κ2) is 8.53. The highest BCUT2D eigenvalue weighted by atomic mass is 28.3. The molecule has 0 aliphatic carbocycles. The van der Waals surface area contributed by atoms with Crippen molar-refractivity contribution in [1.82, 2.24) is 5.32 Å². The number of carbonyl (C=O) groups is 2. The minimum absolute atomic E-state index is 0.260. The topological polar surface area (TPSA) is 55.4 Å². The number of hydrogen-bond donors (Lipinski definition) is 1. The predicted molar refractivity (Wildman–Crippen MR) is 91.4 cm³/mol. The average molecular weight is 319 g/mol. The van der Waals surface area contributed by atoms with Gasteiger partial charge in [-0.1, -0.05) is 56.0 Å². The summed E-state index contributed by atoms with van der Waals surface area (Å²) in [7, 11) is 0.115. The van der Waals surface area contributed by atoms with E-state index in [1.54, 1.807) is 0 Å². The Labute approximate surface area is 133 Å². The fourth-order valence-electron chi connectivity index (χ4n) is 1.92. The monoisotopic (exact) mass is 319 g/mol. The molecular formula is C17H25NO3Si. The van der Waals surface area contributed by atoms with Crippen LogP contribution in [0.1, 0.15) is 5.56 Å². The highest BCUT2D eigenvalue weighted by Crippen LogP contribution is 2.08. The molecule has 0 radical (unpaired) electrons. The van der Waals surface area contributed by atoms with Crippen molar-refractivity contribution in [2.75, 3.05) is 7.11 Å². The highest BCUT2D eigenvalue weighted by molar-refractivity contribution is 6.76. The summed E-state index contributed by atoms with van der Waals surface area (Å²) in [4.78, 5) is 23.8. The first-order valence-electron chi connectivity index (χ1n) is 7.40. The summed E-state index contributed by atoms with van der Waals surface area (Å²) in [5, 5.41) is 2.72. The van der Waals surface area contributed by atoms with Crippen LogP contribution in [-0.2, 0) is 20.7 Å². The molecule has 4 nitrogen and oxygen atoms in total. The second-order valence-corrected chi connectivity index (χ2v) is 12.0. The molecule has 0 bridgehead atoms. The molecular weight excluding hydrogens is 294 g/mol. The third kappa shape index (κ3) is 7.22. The summed E-state index contributed by atoms with van der Waals surface area (Å²) in [6.45, 7) is 6.71. The molecule has 0 aliphatic heterocycles. The van der Waals surface area contributed by atoms with E-state index < -0.39 is 20.1 Å². The first-order chi connectivity index (χ1) is 10.3. The molecule has 5 heteroatoms. The lowest BCUT2D eigenvalue weighted by Gasteiger charge is -2.16. The summed E-state index contributed by atoms with van der Waals surface area (Å²) in [6.07, 6.45) is 3.82. The van der Waals surface area contributed by atoms with Crippen LogP contribution < -0.4 is 5.32 Å². The van der Waals surface area contributed by atoms with Gasteiger partial charge in [0.05, 0.1) is 7.11 Å². The largest absolute Gasteiger partial charge is 0.467 e. The molecule has 1 N–H and O–H groups in total. The average Bonchev–Trinajstić information content (AvgIpc) is 2.45. The van der Waals surface area contributed by atoms with Crippen molar-refractivity contribution >= 4 is 20.0 Å². The Kier molecular flexibility index (Phi) is 7.05. The summed E-state index contributed by atoms with van der Waals surface area (Å²) in [5.41, 5.74) is 0.976. The summed E-state index contributed by atoms with van der Waals surface area (Å²) < 4.78 is 4.77. The molecule has 0 aromatic heterocycles. The summed E-state index contributed by atoms with van der Waals surface area (Å²) in [6, 6.07) is 9.82. The molecule has 0 saturated carbocycles. The van der Waals surface area contributed by atoms with Gasteiger partial charge in [-0.25, -0.2) is 4.79 Å². The second-order valence-electron chi connectivity index (χ2n) is 6.44. The van der Waals surface area contributed by atoms with Crippen molar-refractivity contribution in [3.8, 4) is 0 Å². The zero-order chi connectivity index (χ0) is 16.6. The van der Waals surface area contributed by atoms with Crippen LogP contribution in [0.4, 0.5) is 0 Å². The van der Waals surface area contributed by atoms with Crippen molar-refractivity contribution in [2.45, 2.75) is 38.1 Å². The molecule has 120 valence electrons. The van der Waals surface area contributed by atoms with Crippen LogP contribution in [0.25, 0.3) is 0 Å². The van der Waals surface area contributed by atoms with Crippen molar-refractivity contribution in [2.24, 2.45) is 0 Å². The Balaban J connectivity index is 2.65. The van der Waals surface area contributed by atoms with Crippen molar-refractivity contribution in [3.05, 3.63) is 48.0 Å². The number of nitrogens with one attached hydrogen (secondary N) is 1. The van der Waals surface area contributed by atoms with Crippen LogP contribution in [0.5, 0.6) is 0 Å². The molecule has 0 fully saturated rings. The van der Waals surface area contributed by atoms with Crippen LogP contribution in [0.3, 0.4) is 0 Å². The van der Waals surface area contributed by atoms with Gasteiger partial charge in [-0.05, 0) is 17.7 Å². The highest BCUT2D eigenvalue weighted by Gasteiger charge is 2.21. The van der Waals surface area contributed by atoms with Gasteiger partial charge in [0.1, 0.15) is 6.04 Å². The standard InChI is InChI=1S/C17H25NO3Si/c1-21-17(20)15(13-14-9-6-5-7-10-14)18-16(19)11-8-12-22(2,3)4/h5-11,15H,12-13H2,1-4H3,(H,18,19)/b11-8+/t15-/m0/s1. The fraction of sp³-hybridized carbons (Fsp3) is 0.412. The lowest BCUT2D eigenvalue weighted by Crippen LogP contribution is -2.42. The molecule has 1 aromatic carbocycles. The number of carbonyl (C=O) groups excluding carboxylic acids is 2. The lowest BCUT2D eigenvalue weighted by atomic mass is 10.1. The number of rotatable bonds is 7. The van der Waals surface area contributed by atoms with Gasteiger partial charge in [0.2, 0.25) is 5.91 Å². The Morgan fingerprint density at radius 1 is 1.23 bits per heavy atom. The van der Waals surface area contributed by atoms with E-state index in [1.165, 1.54) is 13.2 Å². The van der Waals surface area contributed by atoms with Gasteiger partial charge in [0.25, 0.3) is 0 Å². The molecule has 1 atom stereocenters. The van der Waals surface area contributed by atoms with E-state index in [2.05, 4.69) is 25.0 Å². The quantitative estimate of drug-likeness (QED) is 0.478. The van der Waals surface area contributed by atoms with E-state index in [0.717, 1.165) is 11.6 Å². The minimum atomic E-state index is -1.21. The molecule has 22 heavy (non-hydrogen) atoms. The predicted octanol–water partition coefficient (Wildman–Crippen LogP) is 2.78. The zero-order valence-corrected chi connectivity index (χ0v) is 14.8. The van der Waals surface area contributed by atoms with Crippen molar-refractivity contribution in [3.63, 3.8) is 0 Å². The zero-order valence-electron chi connectivity index (χ0n) is 13.8. The fourth-order valence-corrected chi connectivity index (χ4v) is 2.75. The van der Waals surface area contributed by atoms with E-state index >= 15 is 0 Å². The van der Waals surface area contributed by atoms with Gasteiger partial charge in [0.15, 0.2) is 0 Å². The number of ether oxygens (including phenoxy) is 1. The molecule has 1 amide bonds. The Morgan fingerprint density at radius 3 is 2.41 bits per heavy atom. The van der Waals surface area contributed by atoms with Gasteiger partial charge in [0, 0.05) is 14.5 Å². The Hall–Kier alpha value is -1.88. The van der Waals surface area contributed by atoms with E-state index in [0.29, 0.717) is 6.42 Å². The van der Waals surface area contributed by atoms with Gasteiger partial charge >= 0.3 is 5.97 Å². The summed E-state index contributed by atoms with van der Waals surface area (Å²) in [5.74, 6) is -0.694. The first-order valence-corrected chi connectivity index (χ1v) is 11.1. The van der Waals surface area contributed by atoms with Gasteiger partial charge < -0.3 is 10.1 Å². The minimum Gasteiger partial charge on any atom is -0.467 e. The van der Waals surface area contributed by atoms with Crippen LogP contribution >= 0.6 is 0 Å². The van der Waals surface area contributed by atoms with Crippen LogP contribution in [0, 0.1) is 0 Å².